The zero-order valence-corrected chi connectivity index (χ0v) is 19.9. The lowest BCUT2D eigenvalue weighted by atomic mass is 9.48. The largest absolute Gasteiger partial charge is 0.446 e. The summed E-state index contributed by atoms with van der Waals surface area (Å²) >= 11 is 0. The molecular weight excluding hydrogens is 446 g/mol. The van der Waals surface area contributed by atoms with Crippen LogP contribution in [-0.4, -0.2) is 50.6 Å². The molecule has 5 aliphatic rings. The van der Waals surface area contributed by atoms with Gasteiger partial charge in [0.2, 0.25) is 11.5 Å². The molecule has 3 heterocycles. The van der Waals surface area contributed by atoms with E-state index < -0.39 is 0 Å². The molecule has 6 atom stereocenters. The second-order valence-electron chi connectivity index (χ2n) is 11.1. The number of nitrogens with two attached hydrogens (primary N) is 1. The minimum Gasteiger partial charge on any atom is -0.446 e. The molecule has 9 nitrogen and oxygen atoms in total. The van der Waals surface area contributed by atoms with Crippen molar-refractivity contribution in [2.45, 2.75) is 50.5 Å². The van der Waals surface area contributed by atoms with E-state index in [1.54, 1.807) is 36.6 Å². The third kappa shape index (κ3) is 3.81. The number of amides is 2. The number of rotatable bonds is 4. The molecule has 2 aromatic rings. The van der Waals surface area contributed by atoms with Crippen molar-refractivity contribution < 1.29 is 14.3 Å². The van der Waals surface area contributed by atoms with E-state index in [4.69, 9.17) is 10.5 Å². The zero-order chi connectivity index (χ0) is 24.3. The van der Waals surface area contributed by atoms with E-state index in [0.29, 0.717) is 24.8 Å². The van der Waals surface area contributed by atoms with Gasteiger partial charge in [-0.3, -0.25) is 9.59 Å². The van der Waals surface area contributed by atoms with E-state index in [2.05, 4.69) is 9.97 Å². The smallest absolute Gasteiger partial charge is 0.410 e. The summed E-state index contributed by atoms with van der Waals surface area (Å²) in [5.74, 6) is 1.62. The number of pyridine rings is 1. The maximum atomic E-state index is 13.1. The molecule has 0 spiro atoms. The first kappa shape index (κ1) is 22.2. The highest BCUT2D eigenvalue weighted by Crippen LogP contribution is 2.60. The molecule has 184 valence electrons. The quantitative estimate of drug-likeness (QED) is 0.722. The lowest BCUT2D eigenvalue weighted by Crippen LogP contribution is -2.59. The predicted octanol–water partition coefficient (Wildman–Crippen LogP) is 2.45. The monoisotopic (exact) mass is 477 g/mol. The van der Waals surface area contributed by atoms with Gasteiger partial charge in [-0.25, -0.2) is 14.8 Å². The van der Waals surface area contributed by atoms with E-state index in [9.17, 15) is 14.4 Å². The number of hydrogen-bond acceptors (Lipinski definition) is 6. The van der Waals surface area contributed by atoms with Crippen LogP contribution in [0, 0.1) is 23.2 Å². The van der Waals surface area contributed by atoms with Crippen molar-refractivity contribution in [3.63, 3.8) is 0 Å². The number of hydrogen-bond donors (Lipinski definition) is 1. The van der Waals surface area contributed by atoms with Crippen LogP contribution in [0.2, 0.25) is 0 Å². The molecule has 0 radical (unpaired) electrons. The first-order valence-electron chi connectivity index (χ1n) is 12.6. The molecule has 2 aromatic heterocycles. The van der Waals surface area contributed by atoms with Crippen LogP contribution in [0.4, 0.5) is 4.79 Å². The first-order valence-corrected chi connectivity index (χ1v) is 12.6. The number of aryl methyl sites for hydroxylation is 1. The van der Waals surface area contributed by atoms with Gasteiger partial charge in [0.1, 0.15) is 11.9 Å². The second-order valence-corrected chi connectivity index (χ2v) is 11.1. The minimum absolute atomic E-state index is 0.0633. The Kier molecular flexibility index (Phi) is 5.19. The molecule has 5 fully saturated rings. The maximum Gasteiger partial charge on any atom is 0.410 e. The van der Waals surface area contributed by atoms with Crippen molar-refractivity contribution in [1.29, 1.82) is 0 Å². The fourth-order valence-electron chi connectivity index (χ4n) is 7.26. The van der Waals surface area contributed by atoms with Crippen LogP contribution in [0.1, 0.15) is 50.3 Å². The van der Waals surface area contributed by atoms with Crippen LogP contribution >= 0.6 is 0 Å². The lowest BCUT2D eigenvalue weighted by molar-refractivity contribution is -0.161. The molecule has 1 saturated heterocycles. The molecule has 35 heavy (non-hydrogen) atoms. The summed E-state index contributed by atoms with van der Waals surface area (Å²) in [6.45, 7) is 1.15. The number of ether oxygens (including phenoxy) is 1. The summed E-state index contributed by atoms with van der Waals surface area (Å²) in [5, 5.41) is 0. The molecule has 4 saturated carbocycles. The van der Waals surface area contributed by atoms with Gasteiger partial charge in [0.25, 0.3) is 0 Å². The van der Waals surface area contributed by atoms with Gasteiger partial charge in [-0.1, -0.05) is 0 Å². The maximum absolute atomic E-state index is 13.1. The summed E-state index contributed by atoms with van der Waals surface area (Å²) in [5.41, 5.74) is 7.06. The van der Waals surface area contributed by atoms with Gasteiger partial charge in [-0.05, 0) is 62.3 Å². The Labute approximate surface area is 203 Å². The molecule has 4 bridgehead atoms. The van der Waals surface area contributed by atoms with Gasteiger partial charge in [-0.2, -0.15) is 0 Å². The van der Waals surface area contributed by atoms with Crippen LogP contribution in [0.25, 0.3) is 11.1 Å². The highest BCUT2D eigenvalue weighted by Gasteiger charge is 2.59. The third-order valence-electron chi connectivity index (χ3n) is 8.85. The Balaban J connectivity index is 1.09. The third-order valence-corrected chi connectivity index (χ3v) is 8.85. The van der Waals surface area contributed by atoms with E-state index >= 15 is 0 Å². The molecular formula is C26H31N5O4. The summed E-state index contributed by atoms with van der Waals surface area (Å²) < 4.78 is 7.61. The summed E-state index contributed by atoms with van der Waals surface area (Å²) in [4.78, 5) is 47.8. The number of carbonyl (C=O) groups is 2. The average Bonchev–Trinajstić information content (AvgIpc) is 3.33. The number of carbonyl (C=O) groups excluding carboxylic acids is 2. The van der Waals surface area contributed by atoms with Crippen molar-refractivity contribution in [3.05, 3.63) is 46.9 Å². The number of primary amides is 1. The van der Waals surface area contributed by atoms with Gasteiger partial charge in [0, 0.05) is 61.8 Å². The highest BCUT2D eigenvalue weighted by atomic mass is 16.6. The van der Waals surface area contributed by atoms with Crippen LogP contribution < -0.4 is 11.3 Å². The molecule has 2 N–H and O–H groups in total. The van der Waals surface area contributed by atoms with Crippen LogP contribution in [-0.2, 0) is 16.6 Å². The normalized spacial score (nSPS) is 33.2. The standard InChI is InChI=1S/C26H31N5O4/c1-30-13-16(2-3-21(30)32)20-11-28-23(29-12-20)17-4-5-31(14-17)25(34)35-22-18-6-15-7-19(22)10-26(8-15,9-18)24(27)33/h2-3,11-13,15,17-19,22H,4-10,14H2,1H3,(H2,27,33)/t15?,17?,18-,19?,22?,26?/m1/s1. The van der Waals surface area contributed by atoms with E-state index in [1.807, 2.05) is 0 Å². The van der Waals surface area contributed by atoms with Gasteiger partial charge >= 0.3 is 6.09 Å². The Hall–Kier alpha value is -3.23. The van der Waals surface area contributed by atoms with Gasteiger partial charge < -0.3 is 19.9 Å². The topological polar surface area (TPSA) is 120 Å². The molecule has 5 unspecified atom stereocenters. The number of aromatic nitrogens is 3. The Morgan fingerprint density at radius 2 is 1.80 bits per heavy atom. The van der Waals surface area contributed by atoms with Gasteiger partial charge in [0.15, 0.2) is 0 Å². The molecule has 1 aliphatic heterocycles. The fourth-order valence-corrected chi connectivity index (χ4v) is 7.26. The van der Waals surface area contributed by atoms with Crippen molar-refractivity contribution >= 4 is 12.0 Å². The zero-order valence-electron chi connectivity index (χ0n) is 19.9. The minimum atomic E-state index is -0.379. The first-order chi connectivity index (χ1) is 16.8. The van der Waals surface area contributed by atoms with E-state index in [-0.39, 0.29) is 46.8 Å². The molecule has 0 aromatic carbocycles. The van der Waals surface area contributed by atoms with Gasteiger partial charge in [0.05, 0.1) is 5.41 Å². The van der Waals surface area contributed by atoms with Crippen molar-refractivity contribution in [2.24, 2.45) is 36.0 Å². The van der Waals surface area contributed by atoms with Crippen LogP contribution in [0.5, 0.6) is 0 Å². The van der Waals surface area contributed by atoms with Crippen LogP contribution in [0.3, 0.4) is 0 Å². The summed E-state index contributed by atoms with van der Waals surface area (Å²) in [6.07, 6.45) is 10.2. The molecule has 2 amide bonds. The molecule has 7 rings (SSSR count). The molecule has 9 heteroatoms. The summed E-state index contributed by atoms with van der Waals surface area (Å²) in [6, 6.07) is 3.30. The van der Waals surface area contributed by atoms with Crippen molar-refractivity contribution in [2.75, 3.05) is 13.1 Å². The second kappa shape index (κ2) is 8.17. The predicted molar refractivity (Wildman–Crippen MR) is 127 cm³/mol. The number of likely N-dealkylation sites (tertiary alicyclic amines) is 1. The van der Waals surface area contributed by atoms with Gasteiger partial charge in [-0.15, -0.1) is 0 Å². The lowest BCUT2D eigenvalue weighted by Gasteiger charge is -2.58. The van der Waals surface area contributed by atoms with Crippen LogP contribution in [0.15, 0.2) is 35.5 Å². The van der Waals surface area contributed by atoms with E-state index in [1.165, 1.54) is 10.6 Å². The van der Waals surface area contributed by atoms with Crippen molar-refractivity contribution in [1.82, 2.24) is 19.4 Å². The Morgan fingerprint density at radius 1 is 1.09 bits per heavy atom. The number of nitrogens with zero attached hydrogens (tertiary/aromatic N) is 4. The van der Waals surface area contributed by atoms with Crippen molar-refractivity contribution in [3.8, 4) is 11.1 Å². The summed E-state index contributed by atoms with van der Waals surface area (Å²) in [7, 11) is 1.71. The Bertz CT molecular complexity index is 1210. The fraction of sp³-hybridized carbons (Fsp3) is 0.577. The molecule has 4 aliphatic carbocycles. The Morgan fingerprint density at radius 3 is 2.46 bits per heavy atom. The average molecular weight is 478 g/mol. The van der Waals surface area contributed by atoms with E-state index in [0.717, 1.165) is 49.7 Å². The SMILES string of the molecule is Cn1cc(-c2cnc(C3CCN(C(=O)OC4C5CC6C[C@@H]4CC(C(N)=O)(C6)C5)C3)nc2)ccc1=O. The highest BCUT2D eigenvalue weighted by molar-refractivity contribution is 5.81.